The van der Waals surface area contributed by atoms with Gasteiger partial charge in [0.25, 0.3) is 5.89 Å². The minimum atomic E-state index is -0.587. The molecule has 0 saturated carbocycles. The van der Waals surface area contributed by atoms with Crippen molar-refractivity contribution in [2.24, 2.45) is 0 Å². The molecule has 1 amide bonds. The van der Waals surface area contributed by atoms with Crippen LogP contribution in [0, 0.1) is 0 Å². The molecule has 0 aliphatic carbocycles. The maximum atomic E-state index is 12.0. The third-order valence-electron chi connectivity index (χ3n) is 5.05. The number of hydrogen-bond donors (Lipinski definition) is 0. The summed E-state index contributed by atoms with van der Waals surface area (Å²) in [6, 6.07) is 12.2. The monoisotopic (exact) mass is 453 g/mol. The summed E-state index contributed by atoms with van der Waals surface area (Å²) in [5.74, 6) is 1.61. The summed E-state index contributed by atoms with van der Waals surface area (Å²) in [4.78, 5) is 29.8. The number of methoxy groups -OCH3 is 2. The smallest absolute Gasteiger partial charge is 0.344 e. The molecular weight excluding hydrogens is 430 g/mol. The van der Waals surface area contributed by atoms with Crippen molar-refractivity contribution in [3.05, 3.63) is 48.4 Å². The van der Waals surface area contributed by atoms with Gasteiger partial charge in [-0.3, -0.25) is 4.79 Å². The van der Waals surface area contributed by atoms with Crippen LogP contribution >= 0.6 is 0 Å². The first-order valence-corrected chi connectivity index (χ1v) is 10.3. The minimum Gasteiger partial charge on any atom is -0.497 e. The number of amides is 1. The number of carbonyl (C=O) groups excluding carboxylic acids is 2. The highest BCUT2D eigenvalue weighted by Crippen LogP contribution is 2.31. The van der Waals surface area contributed by atoms with Crippen molar-refractivity contribution in [1.29, 1.82) is 0 Å². The lowest BCUT2D eigenvalue weighted by Gasteiger charge is -2.15. The lowest BCUT2D eigenvalue weighted by Crippen LogP contribution is -2.23. The Morgan fingerprint density at radius 3 is 2.58 bits per heavy atom. The zero-order valence-electron chi connectivity index (χ0n) is 18.3. The second-order valence-corrected chi connectivity index (χ2v) is 7.17. The van der Waals surface area contributed by atoms with Crippen molar-refractivity contribution in [1.82, 2.24) is 10.1 Å². The van der Waals surface area contributed by atoms with Crippen molar-refractivity contribution < 1.29 is 33.1 Å². The molecule has 10 nitrogen and oxygen atoms in total. The lowest BCUT2D eigenvalue weighted by molar-refractivity contribution is -0.148. The van der Waals surface area contributed by atoms with E-state index in [1.807, 2.05) is 0 Å². The molecule has 3 aromatic rings. The number of ether oxygens (including phenoxy) is 4. The molecule has 1 aliphatic heterocycles. The van der Waals surface area contributed by atoms with Gasteiger partial charge in [-0.05, 0) is 42.8 Å². The van der Waals surface area contributed by atoms with Crippen molar-refractivity contribution in [3.63, 3.8) is 0 Å². The summed E-state index contributed by atoms with van der Waals surface area (Å²) >= 11 is 0. The average Bonchev–Trinajstić information content (AvgIpc) is 3.50. The second kappa shape index (κ2) is 10.0. The highest BCUT2D eigenvalue weighted by Gasteiger charge is 2.21. The highest BCUT2D eigenvalue weighted by molar-refractivity contribution is 5.95. The number of aromatic nitrogens is 2. The van der Waals surface area contributed by atoms with Crippen LogP contribution in [0.4, 0.5) is 5.69 Å². The molecule has 0 radical (unpaired) electrons. The first-order valence-electron chi connectivity index (χ1n) is 10.3. The summed E-state index contributed by atoms with van der Waals surface area (Å²) < 4.78 is 26.3. The normalized spacial score (nSPS) is 13.2. The Balaban J connectivity index is 1.28. The molecule has 2 heterocycles. The molecular formula is C23H23N3O7. The largest absolute Gasteiger partial charge is 0.497 e. The van der Waals surface area contributed by atoms with E-state index in [1.54, 1.807) is 54.5 Å². The standard InChI is InChI=1S/C23H23N3O7/c1-29-17-9-10-18(19(12-17)30-2)23-24-20(33-25-23)13-32-22(28)14-31-16-7-5-15(6-8-16)26-11-3-4-21(26)27/h5-10,12H,3-4,11,13-14H2,1-2H3. The second-order valence-electron chi connectivity index (χ2n) is 7.17. The van der Waals surface area contributed by atoms with E-state index in [-0.39, 0.29) is 25.0 Å². The Morgan fingerprint density at radius 1 is 1.09 bits per heavy atom. The third kappa shape index (κ3) is 5.22. The predicted octanol–water partition coefficient (Wildman–Crippen LogP) is 3.00. The predicted molar refractivity (Wildman–Crippen MR) is 116 cm³/mol. The first kappa shape index (κ1) is 22.1. The zero-order valence-corrected chi connectivity index (χ0v) is 18.3. The molecule has 0 N–H and O–H groups in total. The van der Waals surface area contributed by atoms with Crippen LogP contribution in [0.25, 0.3) is 11.4 Å². The zero-order chi connectivity index (χ0) is 23.2. The van der Waals surface area contributed by atoms with E-state index < -0.39 is 5.97 Å². The summed E-state index contributed by atoms with van der Waals surface area (Å²) in [5, 5.41) is 3.91. The van der Waals surface area contributed by atoms with Crippen LogP contribution in [0.5, 0.6) is 17.2 Å². The summed E-state index contributed by atoms with van der Waals surface area (Å²) in [6.45, 7) is 0.243. The van der Waals surface area contributed by atoms with E-state index in [0.29, 0.717) is 41.6 Å². The van der Waals surface area contributed by atoms with Gasteiger partial charge in [-0.25, -0.2) is 4.79 Å². The molecule has 10 heteroatoms. The van der Waals surface area contributed by atoms with Gasteiger partial charge >= 0.3 is 5.97 Å². The SMILES string of the molecule is COc1ccc(-c2noc(COC(=O)COc3ccc(N4CCCC4=O)cc3)n2)c(OC)c1. The number of anilines is 1. The van der Waals surface area contributed by atoms with Crippen molar-refractivity contribution in [2.75, 3.05) is 32.3 Å². The minimum absolute atomic E-state index is 0.113. The Labute approximate surface area is 190 Å². The molecule has 1 aliphatic rings. The van der Waals surface area contributed by atoms with Gasteiger partial charge in [0.1, 0.15) is 17.2 Å². The summed E-state index contributed by atoms with van der Waals surface area (Å²) in [7, 11) is 3.09. The number of hydrogen-bond acceptors (Lipinski definition) is 9. The third-order valence-corrected chi connectivity index (χ3v) is 5.05. The molecule has 1 fully saturated rings. The molecule has 0 bridgehead atoms. The Morgan fingerprint density at radius 2 is 1.88 bits per heavy atom. The quantitative estimate of drug-likeness (QED) is 0.451. The number of rotatable bonds is 9. The van der Waals surface area contributed by atoms with E-state index in [0.717, 1.165) is 12.1 Å². The molecule has 0 spiro atoms. The number of esters is 1. The van der Waals surface area contributed by atoms with E-state index in [1.165, 1.54) is 7.11 Å². The van der Waals surface area contributed by atoms with Gasteiger partial charge in [-0.2, -0.15) is 4.98 Å². The molecule has 0 atom stereocenters. The fraction of sp³-hybridized carbons (Fsp3) is 0.304. The summed E-state index contributed by atoms with van der Waals surface area (Å²) in [6.07, 6.45) is 1.43. The van der Waals surface area contributed by atoms with Crippen LogP contribution in [0.3, 0.4) is 0 Å². The highest BCUT2D eigenvalue weighted by atomic mass is 16.6. The Bertz CT molecular complexity index is 1130. The Hall–Kier alpha value is -4.08. The number of nitrogens with zero attached hydrogens (tertiary/aromatic N) is 3. The van der Waals surface area contributed by atoms with Gasteiger partial charge in [0.05, 0.1) is 19.8 Å². The lowest BCUT2D eigenvalue weighted by atomic mass is 10.2. The molecule has 0 unspecified atom stereocenters. The molecule has 4 rings (SSSR count). The fourth-order valence-corrected chi connectivity index (χ4v) is 3.38. The molecule has 172 valence electrons. The summed E-state index contributed by atoms with van der Waals surface area (Å²) in [5.41, 5.74) is 1.43. The first-order chi connectivity index (χ1) is 16.1. The van der Waals surface area contributed by atoms with Crippen molar-refractivity contribution in [3.8, 4) is 28.6 Å². The van der Waals surface area contributed by atoms with Crippen LogP contribution in [-0.2, 0) is 20.9 Å². The van der Waals surface area contributed by atoms with Gasteiger partial charge < -0.3 is 28.4 Å². The van der Waals surface area contributed by atoms with E-state index in [2.05, 4.69) is 10.1 Å². The molecule has 33 heavy (non-hydrogen) atoms. The van der Waals surface area contributed by atoms with E-state index >= 15 is 0 Å². The van der Waals surface area contributed by atoms with Crippen LogP contribution in [0.15, 0.2) is 47.0 Å². The van der Waals surface area contributed by atoms with Crippen molar-refractivity contribution >= 4 is 17.6 Å². The number of benzene rings is 2. The molecule has 1 saturated heterocycles. The van der Waals surface area contributed by atoms with Crippen LogP contribution in [-0.4, -0.2) is 49.4 Å². The van der Waals surface area contributed by atoms with Gasteiger partial charge in [-0.15, -0.1) is 0 Å². The van der Waals surface area contributed by atoms with Gasteiger partial charge in [0.2, 0.25) is 11.7 Å². The van der Waals surface area contributed by atoms with Crippen LogP contribution in [0.1, 0.15) is 18.7 Å². The van der Waals surface area contributed by atoms with Crippen LogP contribution < -0.4 is 19.1 Å². The maximum Gasteiger partial charge on any atom is 0.344 e. The van der Waals surface area contributed by atoms with Gasteiger partial charge in [-0.1, -0.05) is 5.16 Å². The fourth-order valence-electron chi connectivity index (χ4n) is 3.38. The van der Waals surface area contributed by atoms with Gasteiger partial charge in [0.15, 0.2) is 13.2 Å². The van der Waals surface area contributed by atoms with Crippen LogP contribution in [0.2, 0.25) is 0 Å². The van der Waals surface area contributed by atoms with Gasteiger partial charge in [0, 0.05) is 24.7 Å². The Kier molecular flexibility index (Phi) is 6.72. The average molecular weight is 453 g/mol. The topological polar surface area (TPSA) is 113 Å². The molecule has 1 aromatic heterocycles. The number of carbonyl (C=O) groups is 2. The van der Waals surface area contributed by atoms with E-state index in [9.17, 15) is 9.59 Å². The van der Waals surface area contributed by atoms with E-state index in [4.69, 9.17) is 23.5 Å². The van der Waals surface area contributed by atoms with Crippen molar-refractivity contribution in [2.45, 2.75) is 19.4 Å². The maximum absolute atomic E-state index is 12.0. The molecule has 2 aromatic carbocycles.